The summed E-state index contributed by atoms with van der Waals surface area (Å²) >= 11 is 0. The maximum atomic E-state index is 12.7. The van der Waals surface area contributed by atoms with E-state index in [0.29, 0.717) is 17.5 Å². The highest BCUT2D eigenvalue weighted by Gasteiger charge is 2.28. The normalized spacial score (nSPS) is 15.5. The predicted octanol–water partition coefficient (Wildman–Crippen LogP) is 5.01. The third-order valence-electron chi connectivity index (χ3n) is 5.04. The van der Waals surface area contributed by atoms with Crippen molar-refractivity contribution in [2.75, 3.05) is 5.32 Å². The number of amides is 1. The van der Waals surface area contributed by atoms with Gasteiger partial charge in [-0.15, -0.1) is 0 Å². The fourth-order valence-electron chi connectivity index (χ4n) is 3.54. The molecule has 0 bridgehead atoms. The van der Waals surface area contributed by atoms with Gasteiger partial charge in [-0.1, -0.05) is 48.0 Å². The van der Waals surface area contributed by atoms with Crippen molar-refractivity contribution in [3.63, 3.8) is 0 Å². The van der Waals surface area contributed by atoms with Gasteiger partial charge in [0.25, 0.3) is 5.91 Å². The third kappa shape index (κ3) is 3.54. The smallest absolute Gasteiger partial charge is 0.339 e. The van der Waals surface area contributed by atoms with Crippen molar-refractivity contribution in [1.82, 2.24) is 0 Å². The largest absolute Gasteiger partial charge is 0.454 e. The van der Waals surface area contributed by atoms with E-state index in [1.165, 1.54) is 0 Å². The molecule has 1 aliphatic heterocycles. The van der Waals surface area contributed by atoms with Gasteiger partial charge in [0.05, 0.1) is 5.56 Å². The van der Waals surface area contributed by atoms with Crippen LogP contribution in [0.1, 0.15) is 49.1 Å². The Hall–Kier alpha value is -3.40. The Labute approximate surface area is 164 Å². The van der Waals surface area contributed by atoms with Crippen LogP contribution in [0.4, 0.5) is 5.69 Å². The van der Waals surface area contributed by atoms with Crippen LogP contribution >= 0.6 is 0 Å². The van der Waals surface area contributed by atoms with Gasteiger partial charge in [0.15, 0.2) is 0 Å². The maximum absolute atomic E-state index is 12.7. The molecular weight excluding hydrogens is 350 g/mol. The molecule has 4 nitrogen and oxygen atoms in total. The quantitative estimate of drug-likeness (QED) is 0.659. The van der Waals surface area contributed by atoms with Crippen molar-refractivity contribution in [3.8, 4) is 0 Å². The molecule has 0 fully saturated rings. The van der Waals surface area contributed by atoms with E-state index in [1.54, 1.807) is 18.2 Å². The van der Waals surface area contributed by atoms with Crippen LogP contribution in [0, 0.1) is 13.8 Å². The molecule has 0 aromatic heterocycles. The molecule has 0 spiro atoms. The summed E-state index contributed by atoms with van der Waals surface area (Å²) < 4.78 is 5.58. The lowest BCUT2D eigenvalue weighted by Gasteiger charge is -2.25. The number of hydrogen-bond acceptors (Lipinski definition) is 3. The van der Waals surface area contributed by atoms with Crippen molar-refractivity contribution in [1.29, 1.82) is 0 Å². The SMILES string of the molecule is Cc1ccc(NC(=O)c2ccc3c(c2)CC(c2ccccc2)OC3=O)c(C)c1. The molecule has 1 atom stereocenters. The van der Waals surface area contributed by atoms with Crippen molar-refractivity contribution < 1.29 is 14.3 Å². The fourth-order valence-corrected chi connectivity index (χ4v) is 3.54. The Balaban J connectivity index is 1.59. The second-order valence-electron chi connectivity index (χ2n) is 7.15. The number of cyclic esters (lactones) is 1. The zero-order chi connectivity index (χ0) is 19.7. The zero-order valence-corrected chi connectivity index (χ0v) is 15.9. The highest BCUT2D eigenvalue weighted by atomic mass is 16.5. The zero-order valence-electron chi connectivity index (χ0n) is 15.9. The predicted molar refractivity (Wildman–Crippen MR) is 109 cm³/mol. The summed E-state index contributed by atoms with van der Waals surface area (Å²) in [4.78, 5) is 25.1. The van der Waals surface area contributed by atoms with Gasteiger partial charge in [-0.2, -0.15) is 0 Å². The van der Waals surface area contributed by atoms with Crippen LogP contribution in [0.3, 0.4) is 0 Å². The molecule has 3 aromatic rings. The Bertz CT molecular complexity index is 1060. The lowest BCUT2D eigenvalue weighted by molar-refractivity contribution is 0.0252. The molecule has 3 aromatic carbocycles. The van der Waals surface area contributed by atoms with Crippen molar-refractivity contribution in [3.05, 3.63) is 100 Å². The summed E-state index contributed by atoms with van der Waals surface area (Å²) in [6.45, 7) is 3.99. The summed E-state index contributed by atoms with van der Waals surface area (Å²) in [7, 11) is 0. The van der Waals surface area contributed by atoms with Gasteiger partial charge >= 0.3 is 5.97 Å². The van der Waals surface area contributed by atoms with Crippen LogP contribution in [-0.2, 0) is 11.2 Å². The molecule has 1 heterocycles. The van der Waals surface area contributed by atoms with Crippen LogP contribution in [0.15, 0.2) is 66.7 Å². The first kappa shape index (κ1) is 18.0. The number of anilines is 1. The number of ether oxygens (including phenoxy) is 1. The second kappa shape index (κ2) is 7.31. The Morgan fingerprint density at radius 3 is 2.54 bits per heavy atom. The maximum Gasteiger partial charge on any atom is 0.339 e. The standard InChI is InChI=1S/C24H21NO3/c1-15-8-11-21(16(2)12-15)25-23(26)18-9-10-20-19(13-18)14-22(28-24(20)27)17-6-4-3-5-7-17/h3-13,22H,14H2,1-2H3,(H,25,26). The van der Waals surface area contributed by atoms with Crippen LogP contribution in [0.5, 0.6) is 0 Å². The van der Waals surface area contributed by atoms with Crippen molar-refractivity contribution in [2.24, 2.45) is 0 Å². The molecule has 140 valence electrons. The van der Waals surface area contributed by atoms with E-state index in [1.807, 2.05) is 62.4 Å². The van der Waals surface area contributed by atoms with Crippen LogP contribution in [0.25, 0.3) is 0 Å². The van der Waals surface area contributed by atoms with Gasteiger partial charge in [-0.05, 0) is 54.8 Å². The number of nitrogens with one attached hydrogen (secondary N) is 1. The monoisotopic (exact) mass is 371 g/mol. The van der Waals surface area contributed by atoms with E-state index in [9.17, 15) is 9.59 Å². The molecule has 4 heteroatoms. The number of rotatable bonds is 3. The average molecular weight is 371 g/mol. The molecule has 4 rings (SSSR count). The molecular formula is C24H21NO3. The Morgan fingerprint density at radius 2 is 1.79 bits per heavy atom. The van der Waals surface area contributed by atoms with E-state index in [-0.39, 0.29) is 18.0 Å². The molecule has 1 amide bonds. The van der Waals surface area contributed by atoms with E-state index >= 15 is 0 Å². The number of aryl methyl sites for hydroxylation is 2. The number of hydrogen-bond donors (Lipinski definition) is 1. The molecule has 0 radical (unpaired) electrons. The van der Waals surface area contributed by atoms with E-state index < -0.39 is 0 Å². The van der Waals surface area contributed by atoms with Crippen LogP contribution in [-0.4, -0.2) is 11.9 Å². The van der Waals surface area contributed by atoms with Gasteiger partial charge in [0.1, 0.15) is 6.10 Å². The number of esters is 1. The highest BCUT2D eigenvalue weighted by Crippen LogP contribution is 2.31. The van der Waals surface area contributed by atoms with E-state index in [0.717, 1.165) is 27.9 Å². The summed E-state index contributed by atoms with van der Waals surface area (Å²) in [6.07, 6.45) is 0.217. The summed E-state index contributed by atoms with van der Waals surface area (Å²) in [5.41, 5.74) is 5.78. The Morgan fingerprint density at radius 1 is 1.00 bits per heavy atom. The van der Waals surface area contributed by atoms with Gasteiger partial charge in [0, 0.05) is 17.7 Å². The third-order valence-corrected chi connectivity index (χ3v) is 5.04. The molecule has 0 saturated carbocycles. The summed E-state index contributed by atoms with van der Waals surface area (Å²) in [5.74, 6) is -0.540. The van der Waals surface area contributed by atoms with Gasteiger partial charge < -0.3 is 10.1 Å². The lowest BCUT2D eigenvalue weighted by atomic mass is 9.93. The van der Waals surface area contributed by atoms with E-state index in [4.69, 9.17) is 4.74 Å². The molecule has 0 aliphatic carbocycles. The number of benzene rings is 3. The minimum absolute atomic E-state index is 0.190. The first-order valence-corrected chi connectivity index (χ1v) is 9.29. The molecule has 1 unspecified atom stereocenters. The Kier molecular flexibility index (Phi) is 4.70. The molecule has 0 saturated heterocycles. The number of fused-ring (bicyclic) bond motifs is 1. The van der Waals surface area contributed by atoms with E-state index in [2.05, 4.69) is 5.32 Å². The van der Waals surface area contributed by atoms with Gasteiger partial charge in [-0.3, -0.25) is 4.79 Å². The first-order chi connectivity index (χ1) is 13.5. The van der Waals surface area contributed by atoms with Crippen LogP contribution in [0.2, 0.25) is 0 Å². The lowest BCUT2D eigenvalue weighted by Crippen LogP contribution is -2.23. The minimum atomic E-state index is -0.351. The number of carbonyl (C=O) groups excluding carboxylic acids is 2. The summed E-state index contributed by atoms with van der Waals surface area (Å²) in [6, 6.07) is 20.7. The second-order valence-corrected chi connectivity index (χ2v) is 7.15. The number of carbonyl (C=O) groups is 2. The average Bonchev–Trinajstić information content (AvgIpc) is 2.70. The highest BCUT2D eigenvalue weighted by molar-refractivity contribution is 6.05. The summed E-state index contributed by atoms with van der Waals surface area (Å²) in [5, 5.41) is 2.96. The van der Waals surface area contributed by atoms with Crippen molar-refractivity contribution in [2.45, 2.75) is 26.4 Å². The molecule has 1 aliphatic rings. The van der Waals surface area contributed by atoms with Crippen LogP contribution < -0.4 is 5.32 Å². The fraction of sp³-hybridized carbons (Fsp3) is 0.167. The van der Waals surface area contributed by atoms with Crippen molar-refractivity contribution >= 4 is 17.6 Å². The van der Waals surface area contributed by atoms with Gasteiger partial charge in [-0.25, -0.2) is 4.79 Å². The molecule has 1 N–H and O–H groups in total. The minimum Gasteiger partial charge on any atom is -0.454 e. The molecule has 28 heavy (non-hydrogen) atoms. The van der Waals surface area contributed by atoms with Gasteiger partial charge in [0.2, 0.25) is 0 Å². The first-order valence-electron chi connectivity index (χ1n) is 9.29. The topological polar surface area (TPSA) is 55.4 Å².